The maximum absolute atomic E-state index is 12.2. The number of piperazine rings is 1. The number of rotatable bonds is 7. The first kappa shape index (κ1) is 21.6. The van der Waals surface area contributed by atoms with E-state index in [0.717, 1.165) is 44.2 Å². The largest absolute Gasteiger partial charge is 0.489 e. The molecular formula is C24H33N5O3. The fraction of sp³-hybridized carbons (Fsp3) is 0.542. The lowest BCUT2D eigenvalue weighted by atomic mass is 10.0. The average molecular weight is 440 g/mol. The summed E-state index contributed by atoms with van der Waals surface area (Å²) in [5, 5.41) is 17.3. The number of benzene rings is 1. The molecule has 8 nitrogen and oxygen atoms in total. The van der Waals surface area contributed by atoms with Gasteiger partial charge in [-0.25, -0.2) is 0 Å². The van der Waals surface area contributed by atoms with Crippen molar-refractivity contribution in [1.29, 1.82) is 0 Å². The molecule has 2 fully saturated rings. The predicted molar refractivity (Wildman–Crippen MR) is 121 cm³/mol. The molecule has 0 aliphatic carbocycles. The lowest BCUT2D eigenvalue weighted by Crippen LogP contribution is -2.56. The Kier molecular flexibility index (Phi) is 6.56. The molecule has 3 aliphatic rings. The molecule has 0 amide bonds. The van der Waals surface area contributed by atoms with Crippen LogP contribution in [0.1, 0.15) is 23.8 Å². The van der Waals surface area contributed by atoms with Crippen LogP contribution in [0.25, 0.3) is 0 Å². The zero-order chi connectivity index (χ0) is 21.9. The molecule has 5 rings (SSSR count). The third kappa shape index (κ3) is 4.89. The number of ether oxygens (including phenoxy) is 1. The molecule has 3 N–H and O–H groups in total. The Hall–Kier alpha value is -2.23. The molecule has 0 spiro atoms. The van der Waals surface area contributed by atoms with Crippen molar-refractivity contribution in [1.82, 2.24) is 25.0 Å². The predicted octanol–water partition coefficient (Wildman–Crippen LogP) is 0.578. The van der Waals surface area contributed by atoms with Crippen LogP contribution < -0.4 is 15.4 Å². The van der Waals surface area contributed by atoms with E-state index in [1.54, 1.807) is 0 Å². The number of nitrogens with one attached hydrogen (secondary N) is 2. The molecular weight excluding hydrogens is 406 g/mol. The monoisotopic (exact) mass is 439 g/mol. The second-order valence-electron chi connectivity index (χ2n) is 9.08. The topological polar surface area (TPSA) is 82.0 Å². The van der Waals surface area contributed by atoms with E-state index >= 15 is 0 Å². The number of hydrogen-bond donors (Lipinski definition) is 3. The number of nitrogens with zero attached hydrogens (tertiary/aromatic N) is 3. The van der Waals surface area contributed by atoms with E-state index < -0.39 is 6.10 Å². The number of carbonyl (C=O) groups excluding carboxylic acids is 1. The van der Waals surface area contributed by atoms with E-state index in [1.807, 2.05) is 12.3 Å². The molecule has 0 radical (unpaired) electrons. The van der Waals surface area contributed by atoms with Crippen molar-refractivity contribution in [2.24, 2.45) is 0 Å². The summed E-state index contributed by atoms with van der Waals surface area (Å²) in [7, 11) is 0. The minimum absolute atomic E-state index is 0.0607. The molecule has 2 aromatic rings. The highest BCUT2D eigenvalue weighted by Gasteiger charge is 2.36. The minimum Gasteiger partial charge on any atom is -0.489 e. The molecule has 3 atom stereocenters. The van der Waals surface area contributed by atoms with E-state index in [4.69, 9.17) is 4.74 Å². The maximum atomic E-state index is 12.2. The maximum Gasteiger partial charge on any atom is 0.154 e. The van der Waals surface area contributed by atoms with Gasteiger partial charge in [0.15, 0.2) is 5.78 Å². The molecule has 0 bridgehead atoms. The number of aliphatic hydroxyl groups excluding tert-OH is 1. The summed E-state index contributed by atoms with van der Waals surface area (Å²) in [5.41, 5.74) is 2.44. The summed E-state index contributed by atoms with van der Waals surface area (Å²) >= 11 is 0. The number of β-amino-alcohol motifs (C(OH)–C–C–N with tert-alkyl or cyclic N) is 1. The van der Waals surface area contributed by atoms with E-state index in [2.05, 4.69) is 55.3 Å². The van der Waals surface area contributed by atoms with Gasteiger partial charge in [0.05, 0.1) is 0 Å². The number of carbonyl (C=O) groups is 1. The molecule has 3 aliphatic heterocycles. The van der Waals surface area contributed by atoms with Crippen molar-refractivity contribution in [3.8, 4) is 5.75 Å². The SMILES string of the molecule is O=C1CCNC2C1NCc1cc(OCC(O)CN3CCN(Cc4ccccc4)CC3)cn12. The second kappa shape index (κ2) is 9.72. The van der Waals surface area contributed by atoms with Gasteiger partial charge in [0.1, 0.15) is 30.7 Å². The second-order valence-corrected chi connectivity index (χ2v) is 9.08. The number of aliphatic hydroxyl groups is 1. The van der Waals surface area contributed by atoms with Gasteiger partial charge in [0.25, 0.3) is 0 Å². The summed E-state index contributed by atoms with van der Waals surface area (Å²) in [6.07, 6.45) is 1.93. The lowest BCUT2D eigenvalue weighted by Gasteiger charge is -2.37. The van der Waals surface area contributed by atoms with Gasteiger partial charge in [-0.2, -0.15) is 0 Å². The van der Waals surface area contributed by atoms with Crippen molar-refractivity contribution in [2.45, 2.75) is 37.8 Å². The summed E-state index contributed by atoms with van der Waals surface area (Å²) in [6.45, 7) is 7.15. The van der Waals surface area contributed by atoms with Gasteiger partial charge in [-0.1, -0.05) is 30.3 Å². The van der Waals surface area contributed by atoms with Gasteiger partial charge in [-0.3, -0.25) is 25.2 Å². The average Bonchev–Trinajstić information content (AvgIpc) is 3.24. The van der Waals surface area contributed by atoms with Crippen LogP contribution >= 0.6 is 0 Å². The van der Waals surface area contributed by atoms with Crippen molar-refractivity contribution >= 4 is 5.78 Å². The summed E-state index contributed by atoms with van der Waals surface area (Å²) in [6, 6.07) is 12.4. The standard InChI is InChI=1S/C24H33N5O3/c30-20(15-28-10-8-27(9-11-28)14-18-4-2-1-3-5-18)17-32-21-12-19-13-26-23-22(31)6-7-25-24(23)29(19)16-21/h1-5,12,16,20,23-26,30H,6-11,13-15,17H2. The zero-order valence-corrected chi connectivity index (χ0v) is 18.4. The normalized spacial score (nSPS) is 25.2. The molecule has 3 unspecified atom stereocenters. The Bertz CT molecular complexity index is 910. The van der Waals surface area contributed by atoms with Gasteiger partial charge in [-0.15, -0.1) is 0 Å². The van der Waals surface area contributed by atoms with E-state index in [-0.39, 0.29) is 24.6 Å². The van der Waals surface area contributed by atoms with Gasteiger partial charge in [-0.05, 0) is 5.56 Å². The highest BCUT2D eigenvalue weighted by Crippen LogP contribution is 2.28. The van der Waals surface area contributed by atoms with Crippen LogP contribution in [0.5, 0.6) is 5.75 Å². The first-order chi connectivity index (χ1) is 15.7. The third-order valence-electron chi connectivity index (χ3n) is 6.72. The van der Waals surface area contributed by atoms with Crippen LogP contribution in [0.4, 0.5) is 0 Å². The molecule has 4 heterocycles. The Morgan fingerprint density at radius 2 is 1.88 bits per heavy atom. The summed E-state index contributed by atoms with van der Waals surface area (Å²) in [4.78, 5) is 16.9. The molecule has 1 aromatic carbocycles. The van der Waals surface area contributed by atoms with E-state index in [0.29, 0.717) is 26.1 Å². The van der Waals surface area contributed by atoms with Crippen LogP contribution in [0, 0.1) is 0 Å². The number of Topliss-reactive ketones (excluding diaryl/α,β-unsaturated/α-hetero) is 1. The van der Waals surface area contributed by atoms with Gasteiger partial charge in [0, 0.05) is 76.7 Å². The Labute approximate surface area is 189 Å². The van der Waals surface area contributed by atoms with E-state index in [1.165, 1.54) is 5.56 Å². The molecule has 172 valence electrons. The Morgan fingerprint density at radius 1 is 1.09 bits per heavy atom. The number of aromatic nitrogens is 1. The molecule has 0 saturated carbocycles. The van der Waals surface area contributed by atoms with Crippen LogP contribution in [-0.2, 0) is 17.9 Å². The number of piperidine rings is 1. The van der Waals surface area contributed by atoms with Crippen molar-refractivity contribution < 1.29 is 14.6 Å². The van der Waals surface area contributed by atoms with Crippen molar-refractivity contribution in [2.75, 3.05) is 45.9 Å². The smallest absolute Gasteiger partial charge is 0.154 e. The molecule has 32 heavy (non-hydrogen) atoms. The van der Waals surface area contributed by atoms with Gasteiger partial charge < -0.3 is 14.4 Å². The minimum atomic E-state index is -0.534. The fourth-order valence-electron chi connectivity index (χ4n) is 4.98. The van der Waals surface area contributed by atoms with Gasteiger partial charge in [0.2, 0.25) is 0 Å². The zero-order valence-electron chi connectivity index (χ0n) is 18.4. The van der Waals surface area contributed by atoms with Crippen LogP contribution in [0.3, 0.4) is 0 Å². The summed E-state index contributed by atoms with van der Waals surface area (Å²) < 4.78 is 8.02. The Morgan fingerprint density at radius 3 is 2.69 bits per heavy atom. The summed E-state index contributed by atoms with van der Waals surface area (Å²) in [5.74, 6) is 1.00. The number of hydrogen-bond acceptors (Lipinski definition) is 7. The first-order valence-electron chi connectivity index (χ1n) is 11.7. The third-order valence-corrected chi connectivity index (χ3v) is 6.72. The van der Waals surface area contributed by atoms with E-state index in [9.17, 15) is 9.90 Å². The number of fused-ring (bicyclic) bond motifs is 3. The van der Waals surface area contributed by atoms with Crippen LogP contribution in [0.2, 0.25) is 0 Å². The highest BCUT2D eigenvalue weighted by atomic mass is 16.5. The fourth-order valence-corrected chi connectivity index (χ4v) is 4.98. The van der Waals surface area contributed by atoms with Crippen LogP contribution in [-0.4, -0.2) is 83.3 Å². The van der Waals surface area contributed by atoms with Gasteiger partial charge >= 0.3 is 0 Å². The molecule has 8 heteroatoms. The quantitative estimate of drug-likeness (QED) is 0.582. The lowest BCUT2D eigenvalue weighted by molar-refractivity contribution is -0.124. The Balaban J connectivity index is 1.07. The molecule has 1 aromatic heterocycles. The van der Waals surface area contributed by atoms with Crippen LogP contribution in [0.15, 0.2) is 42.6 Å². The molecule has 2 saturated heterocycles. The first-order valence-corrected chi connectivity index (χ1v) is 11.7. The van der Waals surface area contributed by atoms with Crippen molar-refractivity contribution in [3.63, 3.8) is 0 Å². The number of ketones is 1. The van der Waals surface area contributed by atoms with Crippen molar-refractivity contribution in [3.05, 3.63) is 53.9 Å². The highest BCUT2D eigenvalue weighted by molar-refractivity contribution is 5.85.